The molecule has 5 nitrogen and oxygen atoms in total. The molecule has 1 aliphatic heterocycles. The first kappa shape index (κ1) is 16.4. The number of nitrogens with one attached hydrogen (secondary N) is 2. The fourth-order valence-corrected chi connectivity index (χ4v) is 2.67. The Hall–Kier alpha value is -2.50. The maximum atomic E-state index is 12.1. The molecule has 2 aromatic rings. The fourth-order valence-electron chi connectivity index (χ4n) is 2.67. The minimum atomic E-state index is -0.201. The van der Waals surface area contributed by atoms with Gasteiger partial charge in [-0.2, -0.15) is 5.10 Å². The van der Waals surface area contributed by atoms with Crippen molar-refractivity contribution in [1.29, 1.82) is 0 Å². The number of amides is 1. The highest BCUT2D eigenvalue weighted by molar-refractivity contribution is 5.94. The molecule has 5 heteroatoms. The number of nitrogens with zero attached hydrogens (tertiary/aromatic N) is 1. The van der Waals surface area contributed by atoms with Crippen LogP contribution in [0, 0.1) is 0 Å². The van der Waals surface area contributed by atoms with Crippen LogP contribution in [0.5, 0.6) is 0 Å². The lowest BCUT2D eigenvalue weighted by Gasteiger charge is -2.23. The SMILES string of the molecule is O=C(NN=Cc1ccccc1)c1ccc(C[NH+]2CCOCC2)cc1. The zero-order chi connectivity index (χ0) is 16.6. The summed E-state index contributed by atoms with van der Waals surface area (Å²) in [5, 5.41) is 3.99. The average Bonchev–Trinajstić information content (AvgIpc) is 2.64. The molecule has 0 bridgehead atoms. The molecule has 1 heterocycles. The highest BCUT2D eigenvalue weighted by Crippen LogP contribution is 2.04. The first-order valence-corrected chi connectivity index (χ1v) is 8.20. The Bertz CT molecular complexity index is 678. The number of hydrogen-bond acceptors (Lipinski definition) is 3. The lowest BCUT2D eigenvalue weighted by molar-refractivity contribution is -0.921. The average molecular weight is 324 g/mol. The Kier molecular flexibility index (Phi) is 5.71. The largest absolute Gasteiger partial charge is 0.370 e. The van der Waals surface area contributed by atoms with Crippen LogP contribution in [0.15, 0.2) is 59.7 Å². The van der Waals surface area contributed by atoms with Crippen molar-refractivity contribution in [2.75, 3.05) is 26.3 Å². The van der Waals surface area contributed by atoms with Gasteiger partial charge in [-0.25, -0.2) is 5.43 Å². The fraction of sp³-hybridized carbons (Fsp3) is 0.263. The summed E-state index contributed by atoms with van der Waals surface area (Å²) in [5.74, 6) is -0.201. The number of rotatable bonds is 5. The number of hydrazone groups is 1. The summed E-state index contributed by atoms with van der Waals surface area (Å²) in [4.78, 5) is 13.6. The van der Waals surface area contributed by atoms with Gasteiger partial charge in [-0.1, -0.05) is 42.5 Å². The maximum absolute atomic E-state index is 12.1. The molecule has 0 aromatic heterocycles. The van der Waals surface area contributed by atoms with E-state index in [2.05, 4.69) is 10.5 Å². The Labute approximate surface area is 141 Å². The van der Waals surface area contributed by atoms with E-state index in [0.717, 1.165) is 38.4 Å². The number of morpholine rings is 1. The van der Waals surface area contributed by atoms with Crippen molar-refractivity contribution in [2.45, 2.75) is 6.54 Å². The van der Waals surface area contributed by atoms with Crippen LogP contribution >= 0.6 is 0 Å². The summed E-state index contributed by atoms with van der Waals surface area (Å²) in [6.07, 6.45) is 1.63. The smallest absolute Gasteiger partial charge is 0.271 e. The minimum Gasteiger partial charge on any atom is -0.370 e. The van der Waals surface area contributed by atoms with Crippen LogP contribution < -0.4 is 10.3 Å². The summed E-state index contributed by atoms with van der Waals surface area (Å²) in [5.41, 5.74) is 5.35. The second-order valence-corrected chi connectivity index (χ2v) is 5.85. The molecule has 0 saturated carbocycles. The monoisotopic (exact) mass is 324 g/mol. The van der Waals surface area contributed by atoms with Crippen LogP contribution in [0.3, 0.4) is 0 Å². The van der Waals surface area contributed by atoms with Crippen LogP contribution in [0.4, 0.5) is 0 Å². The van der Waals surface area contributed by atoms with Crippen molar-refractivity contribution < 1.29 is 14.4 Å². The van der Waals surface area contributed by atoms with Gasteiger partial charge in [0.15, 0.2) is 0 Å². The molecule has 3 rings (SSSR count). The molecule has 124 valence electrons. The second-order valence-electron chi connectivity index (χ2n) is 5.85. The molecule has 2 N–H and O–H groups in total. The molecule has 0 atom stereocenters. The summed E-state index contributed by atoms with van der Waals surface area (Å²) < 4.78 is 5.37. The molecule has 0 spiro atoms. The van der Waals surface area contributed by atoms with Gasteiger partial charge in [0.2, 0.25) is 0 Å². The van der Waals surface area contributed by atoms with Gasteiger partial charge in [-0.05, 0) is 17.7 Å². The van der Waals surface area contributed by atoms with Crippen molar-refractivity contribution in [2.24, 2.45) is 5.10 Å². The minimum absolute atomic E-state index is 0.201. The summed E-state index contributed by atoms with van der Waals surface area (Å²) in [7, 11) is 0. The highest BCUT2D eigenvalue weighted by atomic mass is 16.5. The zero-order valence-corrected chi connectivity index (χ0v) is 13.6. The quantitative estimate of drug-likeness (QED) is 0.633. The van der Waals surface area contributed by atoms with Crippen molar-refractivity contribution in [3.05, 3.63) is 71.3 Å². The van der Waals surface area contributed by atoms with Crippen LogP contribution in [0.25, 0.3) is 0 Å². The topological polar surface area (TPSA) is 55.1 Å². The predicted molar refractivity (Wildman–Crippen MR) is 93.2 cm³/mol. The number of quaternary nitrogens is 1. The standard InChI is InChI=1S/C19H21N3O2/c23-19(21-20-14-16-4-2-1-3-5-16)18-8-6-17(7-9-18)15-22-10-12-24-13-11-22/h1-9,14H,10-13,15H2,(H,21,23)/p+1. The Morgan fingerprint density at radius 3 is 2.50 bits per heavy atom. The van der Waals surface area contributed by atoms with E-state index in [1.807, 2.05) is 54.6 Å². The molecule has 0 aliphatic carbocycles. The third-order valence-electron chi connectivity index (χ3n) is 4.05. The van der Waals surface area contributed by atoms with Gasteiger partial charge in [0.05, 0.1) is 19.4 Å². The van der Waals surface area contributed by atoms with E-state index in [1.54, 1.807) is 6.21 Å². The van der Waals surface area contributed by atoms with Crippen LogP contribution in [-0.2, 0) is 11.3 Å². The molecule has 2 aromatic carbocycles. The molecule has 0 unspecified atom stereocenters. The Morgan fingerprint density at radius 2 is 1.79 bits per heavy atom. The van der Waals surface area contributed by atoms with E-state index in [-0.39, 0.29) is 5.91 Å². The summed E-state index contributed by atoms with van der Waals surface area (Å²) in [6, 6.07) is 17.4. The third-order valence-corrected chi connectivity index (χ3v) is 4.05. The van der Waals surface area contributed by atoms with Crippen LogP contribution in [0.1, 0.15) is 21.5 Å². The van der Waals surface area contributed by atoms with Gasteiger partial charge in [0.1, 0.15) is 19.6 Å². The van der Waals surface area contributed by atoms with E-state index in [4.69, 9.17) is 4.74 Å². The molecule has 1 fully saturated rings. The van der Waals surface area contributed by atoms with Crippen molar-refractivity contribution in [3.8, 4) is 0 Å². The van der Waals surface area contributed by atoms with E-state index in [9.17, 15) is 4.79 Å². The van der Waals surface area contributed by atoms with Gasteiger partial charge < -0.3 is 9.64 Å². The summed E-state index contributed by atoms with van der Waals surface area (Å²) >= 11 is 0. The van der Waals surface area contributed by atoms with Gasteiger partial charge in [0, 0.05) is 11.1 Å². The molecular formula is C19H22N3O2+. The first-order valence-electron chi connectivity index (χ1n) is 8.20. The highest BCUT2D eigenvalue weighted by Gasteiger charge is 2.14. The Morgan fingerprint density at radius 1 is 1.08 bits per heavy atom. The van der Waals surface area contributed by atoms with Gasteiger partial charge in [0.25, 0.3) is 5.91 Å². The van der Waals surface area contributed by atoms with E-state index >= 15 is 0 Å². The van der Waals surface area contributed by atoms with Gasteiger partial charge >= 0.3 is 0 Å². The van der Waals surface area contributed by atoms with Crippen molar-refractivity contribution >= 4 is 12.1 Å². The lowest BCUT2D eigenvalue weighted by Crippen LogP contribution is -3.12. The number of carbonyl (C=O) groups excluding carboxylic acids is 1. The van der Waals surface area contributed by atoms with E-state index < -0.39 is 0 Å². The molecule has 1 amide bonds. The van der Waals surface area contributed by atoms with Gasteiger partial charge in [-0.15, -0.1) is 0 Å². The third kappa shape index (κ3) is 4.75. The number of hydrogen-bond donors (Lipinski definition) is 2. The van der Waals surface area contributed by atoms with E-state index in [1.165, 1.54) is 10.5 Å². The molecule has 1 aliphatic rings. The number of carbonyl (C=O) groups is 1. The van der Waals surface area contributed by atoms with Crippen LogP contribution in [0.2, 0.25) is 0 Å². The number of ether oxygens (including phenoxy) is 1. The normalized spacial score (nSPS) is 15.5. The first-order chi connectivity index (χ1) is 11.8. The van der Waals surface area contributed by atoms with Crippen molar-refractivity contribution in [3.63, 3.8) is 0 Å². The van der Waals surface area contributed by atoms with Crippen LogP contribution in [-0.4, -0.2) is 38.4 Å². The zero-order valence-electron chi connectivity index (χ0n) is 13.6. The second kappa shape index (κ2) is 8.38. The van der Waals surface area contributed by atoms with E-state index in [0.29, 0.717) is 5.56 Å². The Balaban J connectivity index is 1.52. The maximum Gasteiger partial charge on any atom is 0.271 e. The van der Waals surface area contributed by atoms with Gasteiger partial charge in [-0.3, -0.25) is 4.79 Å². The number of benzene rings is 2. The summed E-state index contributed by atoms with van der Waals surface area (Å²) in [6.45, 7) is 4.70. The van der Waals surface area contributed by atoms with Crippen molar-refractivity contribution in [1.82, 2.24) is 5.43 Å². The molecule has 1 saturated heterocycles. The lowest BCUT2D eigenvalue weighted by atomic mass is 10.1. The molecule has 24 heavy (non-hydrogen) atoms. The molecule has 0 radical (unpaired) electrons. The predicted octanol–water partition coefficient (Wildman–Crippen LogP) is 0.866. The molecular weight excluding hydrogens is 302 g/mol.